The molecule has 1 heterocycles. The molecule has 24 heavy (non-hydrogen) atoms. The Hall–Kier alpha value is -2.68. The third-order valence-electron chi connectivity index (χ3n) is 5.13. The lowest BCUT2D eigenvalue weighted by molar-refractivity contribution is -0.122. The summed E-state index contributed by atoms with van der Waals surface area (Å²) in [5.41, 5.74) is 3.95. The van der Waals surface area contributed by atoms with Crippen molar-refractivity contribution in [2.45, 2.75) is 24.8 Å². The van der Waals surface area contributed by atoms with Crippen LogP contribution in [0, 0.1) is 0 Å². The maximum absolute atomic E-state index is 12.8. The first-order chi connectivity index (χ1) is 11.7. The normalized spacial score (nSPS) is 22.2. The first kappa shape index (κ1) is 14.9. The highest BCUT2D eigenvalue weighted by Crippen LogP contribution is 2.46. The third kappa shape index (κ3) is 2.12. The Bertz CT molecular complexity index is 839. The summed E-state index contributed by atoms with van der Waals surface area (Å²) >= 11 is 0. The number of aryl methyl sites for hydroxylation is 1. The van der Waals surface area contributed by atoms with Gasteiger partial charge in [-0.05, 0) is 29.2 Å². The van der Waals surface area contributed by atoms with Crippen molar-refractivity contribution in [2.75, 3.05) is 6.54 Å². The minimum atomic E-state index is -0.289. The van der Waals surface area contributed by atoms with Crippen molar-refractivity contribution in [3.05, 3.63) is 83.4 Å². The lowest BCUT2D eigenvalue weighted by Crippen LogP contribution is -2.36. The summed E-state index contributed by atoms with van der Waals surface area (Å²) < 4.78 is 0. The number of carbonyl (C=O) groups is 2. The zero-order valence-electron chi connectivity index (χ0n) is 13.4. The number of nitrogens with zero attached hydrogens (tertiary/aromatic N) is 1. The first-order valence-electron chi connectivity index (χ1n) is 8.33. The van der Waals surface area contributed by atoms with E-state index in [1.165, 1.54) is 5.56 Å². The summed E-state index contributed by atoms with van der Waals surface area (Å²) in [6.07, 6.45) is 3.06. The molecule has 3 nitrogen and oxygen atoms in total. The first-order valence-corrected chi connectivity index (χ1v) is 8.33. The molecule has 2 unspecified atom stereocenters. The fourth-order valence-electron chi connectivity index (χ4n) is 4.09. The molecule has 120 valence electrons. The smallest absolute Gasteiger partial charge is 0.255 e. The van der Waals surface area contributed by atoms with E-state index < -0.39 is 0 Å². The molecular weight excluding hydrogens is 298 g/mol. The van der Waals surface area contributed by atoms with Crippen LogP contribution >= 0.6 is 0 Å². The van der Waals surface area contributed by atoms with Gasteiger partial charge in [-0.15, -0.1) is 6.58 Å². The van der Waals surface area contributed by atoms with Gasteiger partial charge in [0.2, 0.25) is 0 Å². The molecule has 1 amide bonds. The zero-order valence-corrected chi connectivity index (χ0v) is 13.4. The Morgan fingerprint density at radius 1 is 1.00 bits per heavy atom. The fourth-order valence-corrected chi connectivity index (χ4v) is 4.09. The van der Waals surface area contributed by atoms with E-state index in [-0.39, 0.29) is 23.7 Å². The standard InChI is InChI=1S/C21H19NO2/c1-2-13-22-20(16-9-5-6-10-17(16)21(22)24)19-15-8-4-3-7-14(15)11-12-18(19)23/h2-10,19-20H,1,11-13H2. The number of hydrogen-bond donors (Lipinski definition) is 0. The van der Waals surface area contributed by atoms with Gasteiger partial charge in [0, 0.05) is 18.5 Å². The quantitative estimate of drug-likeness (QED) is 0.810. The minimum Gasteiger partial charge on any atom is -0.327 e. The van der Waals surface area contributed by atoms with Crippen LogP contribution in [0.25, 0.3) is 0 Å². The van der Waals surface area contributed by atoms with Crippen LogP contribution in [-0.4, -0.2) is 23.1 Å². The minimum absolute atomic E-state index is 0.00801. The van der Waals surface area contributed by atoms with E-state index in [4.69, 9.17) is 0 Å². The van der Waals surface area contributed by atoms with Crippen molar-refractivity contribution in [1.82, 2.24) is 4.90 Å². The maximum Gasteiger partial charge on any atom is 0.255 e. The molecule has 2 aliphatic rings. The van der Waals surface area contributed by atoms with E-state index in [1.54, 1.807) is 11.0 Å². The number of Topliss-reactive ketones (excluding diaryl/α,β-unsaturated/α-hetero) is 1. The van der Waals surface area contributed by atoms with Crippen LogP contribution in [0.3, 0.4) is 0 Å². The Labute approximate surface area is 141 Å². The molecule has 2 aromatic carbocycles. The van der Waals surface area contributed by atoms with E-state index >= 15 is 0 Å². The van der Waals surface area contributed by atoms with Crippen molar-refractivity contribution in [1.29, 1.82) is 0 Å². The highest BCUT2D eigenvalue weighted by Gasteiger charge is 2.45. The van der Waals surface area contributed by atoms with Crippen LogP contribution in [0.15, 0.2) is 61.2 Å². The molecule has 0 spiro atoms. The van der Waals surface area contributed by atoms with Crippen molar-refractivity contribution < 1.29 is 9.59 Å². The van der Waals surface area contributed by atoms with E-state index in [2.05, 4.69) is 12.6 Å². The highest BCUT2D eigenvalue weighted by molar-refractivity contribution is 6.01. The fraction of sp³-hybridized carbons (Fsp3) is 0.238. The number of benzene rings is 2. The molecule has 2 aromatic rings. The SMILES string of the molecule is C=CCN1C(=O)c2ccccc2C1C1C(=O)CCc2ccccc21. The van der Waals surface area contributed by atoms with Crippen molar-refractivity contribution in [3.63, 3.8) is 0 Å². The Morgan fingerprint density at radius 3 is 2.50 bits per heavy atom. The van der Waals surface area contributed by atoms with Gasteiger partial charge in [0.1, 0.15) is 5.78 Å². The Kier molecular flexibility index (Phi) is 3.57. The van der Waals surface area contributed by atoms with Gasteiger partial charge < -0.3 is 4.90 Å². The van der Waals surface area contributed by atoms with E-state index in [1.807, 2.05) is 42.5 Å². The summed E-state index contributed by atoms with van der Waals surface area (Å²) in [7, 11) is 0. The molecule has 2 atom stereocenters. The monoisotopic (exact) mass is 317 g/mol. The number of ketones is 1. The summed E-state index contributed by atoms with van der Waals surface area (Å²) in [5.74, 6) is -0.0777. The molecular formula is C21H19NO2. The second kappa shape index (κ2) is 5.75. The molecule has 1 aliphatic heterocycles. The van der Waals surface area contributed by atoms with Gasteiger partial charge in [0.05, 0.1) is 12.0 Å². The van der Waals surface area contributed by atoms with Crippen LogP contribution in [0.5, 0.6) is 0 Å². The highest BCUT2D eigenvalue weighted by atomic mass is 16.2. The lowest BCUT2D eigenvalue weighted by Gasteiger charge is -2.34. The summed E-state index contributed by atoms with van der Waals surface area (Å²) in [6, 6.07) is 15.5. The topological polar surface area (TPSA) is 37.4 Å². The summed E-state index contributed by atoms with van der Waals surface area (Å²) in [5, 5.41) is 0. The van der Waals surface area contributed by atoms with E-state index in [0.717, 1.165) is 17.5 Å². The second-order valence-electron chi connectivity index (χ2n) is 6.42. The molecule has 4 rings (SSSR count). The maximum atomic E-state index is 12.8. The molecule has 0 saturated heterocycles. The molecule has 0 fully saturated rings. The van der Waals surface area contributed by atoms with Crippen LogP contribution in [0.2, 0.25) is 0 Å². The molecule has 0 saturated carbocycles. The number of carbonyl (C=O) groups excluding carboxylic acids is 2. The number of rotatable bonds is 3. The van der Waals surface area contributed by atoms with Gasteiger partial charge in [0.15, 0.2) is 0 Å². The molecule has 0 bridgehead atoms. The van der Waals surface area contributed by atoms with Crippen molar-refractivity contribution in [2.24, 2.45) is 0 Å². The van der Waals surface area contributed by atoms with Crippen LogP contribution < -0.4 is 0 Å². The van der Waals surface area contributed by atoms with Gasteiger partial charge in [-0.3, -0.25) is 9.59 Å². The van der Waals surface area contributed by atoms with Crippen LogP contribution in [0.1, 0.15) is 45.4 Å². The van der Waals surface area contributed by atoms with Crippen molar-refractivity contribution in [3.8, 4) is 0 Å². The predicted molar refractivity (Wildman–Crippen MR) is 92.9 cm³/mol. The molecule has 0 radical (unpaired) electrons. The van der Waals surface area contributed by atoms with Crippen LogP contribution in [0.4, 0.5) is 0 Å². The van der Waals surface area contributed by atoms with Gasteiger partial charge >= 0.3 is 0 Å². The van der Waals surface area contributed by atoms with Gasteiger partial charge in [0.25, 0.3) is 5.91 Å². The summed E-state index contributed by atoms with van der Waals surface area (Å²) in [4.78, 5) is 27.5. The molecule has 3 heteroatoms. The number of hydrogen-bond acceptors (Lipinski definition) is 2. The third-order valence-corrected chi connectivity index (χ3v) is 5.13. The Morgan fingerprint density at radius 2 is 1.71 bits per heavy atom. The van der Waals surface area contributed by atoms with Gasteiger partial charge in [-0.2, -0.15) is 0 Å². The second-order valence-corrected chi connectivity index (χ2v) is 6.42. The van der Waals surface area contributed by atoms with Crippen LogP contribution in [-0.2, 0) is 11.2 Å². The Balaban J connectivity index is 1.89. The molecule has 1 aliphatic carbocycles. The number of fused-ring (bicyclic) bond motifs is 2. The lowest BCUT2D eigenvalue weighted by atomic mass is 9.76. The number of amides is 1. The zero-order chi connectivity index (χ0) is 16.7. The largest absolute Gasteiger partial charge is 0.327 e. The van der Waals surface area contributed by atoms with E-state index in [0.29, 0.717) is 18.5 Å². The summed E-state index contributed by atoms with van der Waals surface area (Å²) in [6.45, 7) is 4.23. The molecule has 0 aromatic heterocycles. The molecule has 0 N–H and O–H groups in total. The van der Waals surface area contributed by atoms with Crippen molar-refractivity contribution >= 4 is 11.7 Å². The van der Waals surface area contributed by atoms with E-state index in [9.17, 15) is 9.59 Å². The predicted octanol–water partition coefficient (Wildman–Crippen LogP) is 3.67. The van der Waals surface area contributed by atoms with Gasteiger partial charge in [-0.25, -0.2) is 0 Å². The average molecular weight is 317 g/mol. The van der Waals surface area contributed by atoms with Gasteiger partial charge in [-0.1, -0.05) is 48.5 Å². The average Bonchev–Trinajstić information content (AvgIpc) is 2.88.